The maximum absolute atomic E-state index is 11.3. The summed E-state index contributed by atoms with van der Waals surface area (Å²) in [6, 6.07) is 0. The maximum atomic E-state index is 11.3. The number of allylic oxidation sites excluding steroid dienone is 1. The van der Waals surface area contributed by atoms with E-state index in [0.29, 0.717) is 11.7 Å². The molecule has 2 aliphatic carbocycles. The van der Waals surface area contributed by atoms with Crippen molar-refractivity contribution in [2.24, 2.45) is 17.3 Å². The van der Waals surface area contributed by atoms with Crippen LogP contribution in [0.5, 0.6) is 0 Å². The highest BCUT2D eigenvalue weighted by molar-refractivity contribution is 5.93. The Morgan fingerprint density at radius 3 is 2.82 bits per heavy atom. The minimum absolute atomic E-state index is 0.0700. The predicted octanol–water partition coefficient (Wildman–Crippen LogP) is 2.18. The van der Waals surface area contributed by atoms with E-state index in [9.17, 15) is 4.79 Å². The molecule has 0 amide bonds. The molecule has 0 aromatic heterocycles. The first-order valence-electron chi connectivity index (χ1n) is 4.37. The summed E-state index contributed by atoms with van der Waals surface area (Å²) in [5, 5.41) is 0. The third kappa shape index (κ3) is 0.640. The van der Waals surface area contributed by atoms with E-state index in [1.54, 1.807) is 0 Å². The van der Waals surface area contributed by atoms with Crippen LogP contribution in [0.15, 0.2) is 12.7 Å². The second-order valence-electron chi connectivity index (χ2n) is 3.99. The normalized spacial score (nSPS) is 48.3. The van der Waals surface area contributed by atoms with Gasteiger partial charge in [-0.3, -0.25) is 4.79 Å². The molecule has 0 aromatic carbocycles. The largest absolute Gasteiger partial charge is 0.299 e. The fraction of sp³-hybridized carbons (Fsp3) is 0.700. The zero-order valence-electron chi connectivity index (χ0n) is 6.97. The molecular formula is C10H14O. The second-order valence-corrected chi connectivity index (χ2v) is 3.99. The highest BCUT2D eigenvalue weighted by atomic mass is 16.1. The molecule has 2 rings (SSSR count). The Hall–Kier alpha value is -0.590. The van der Waals surface area contributed by atoms with E-state index in [1.165, 1.54) is 6.42 Å². The third-order valence-electron chi connectivity index (χ3n) is 3.65. The lowest BCUT2D eigenvalue weighted by atomic mass is 9.59. The van der Waals surface area contributed by atoms with Gasteiger partial charge in [0.05, 0.1) is 5.41 Å². The second kappa shape index (κ2) is 1.96. The van der Waals surface area contributed by atoms with Crippen molar-refractivity contribution in [2.75, 3.05) is 0 Å². The van der Waals surface area contributed by atoms with Gasteiger partial charge in [-0.1, -0.05) is 13.0 Å². The Morgan fingerprint density at radius 1 is 1.73 bits per heavy atom. The average molecular weight is 150 g/mol. The van der Waals surface area contributed by atoms with Crippen LogP contribution in [0.2, 0.25) is 0 Å². The summed E-state index contributed by atoms with van der Waals surface area (Å²) in [6.45, 7) is 6.03. The zero-order valence-corrected chi connectivity index (χ0v) is 6.97. The summed E-state index contributed by atoms with van der Waals surface area (Å²) < 4.78 is 0. The highest BCUT2D eigenvalue weighted by Gasteiger charge is 2.57. The SMILES string of the molecule is C=C[C@]12CC[C@@H](C)[C@H]1CC2=O. The molecule has 0 radical (unpaired) electrons. The zero-order chi connectivity index (χ0) is 8.06. The molecule has 0 aromatic rings. The molecule has 1 nitrogen and oxygen atoms in total. The van der Waals surface area contributed by atoms with Gasteiger partial charge in [0.2, 0.25) is 0 Å². The standard InChI is InChI=1S/C10H14O/c1-3-10-5-4-7(2)8(10)6-9(10)11/h3,7-8H,1,4-6H2,2H3/t7-,8-,10+/m1/s1. The Morgan fingerprint density at radius 2 is 2.45 bits per heavy atom. The molecule has 0 aliphatic heterocycles. The van der Waals surface area contributed by atoms with E-state index >= 15 is 0 Å². The summed E-state index contributed by atoms with van der Waals surface area (Å²) in [6.07, 6.45) is 4.98. The number of carbonyl (C=O) groups is 1. The first-order valence-corrected chi connectivity index (χ1v) is 4.37. The van der Waals surface area contributed by atoms with Crippen molar-refractivity contribution in [3.05, 3.63) is 12.7 Å². The van der Waals surface area contributed by atoms with Crippen molar-refractivity contribution < 1.29 is 4.79 Å². The molecule has 0 heterocycles. The topological polar surface area (TPSA) is 17.1 Å². The number of Topliss-reactive ketones (excluding diaryl/α,β-unsaturated/α-hetero) is 1. The first-order chi connectivity index (χ1) is 5.20. The van der Waals surface area contributed by atoms with E-state index < -0.39 is 0 Å². The molecule has 0 saturated heterocycles. The quantitative estimate of drug-likeness (QED) is 0.523. The van der Waals surface area contributed by atoms with E-state index in [1.807, 2.05) is 6.08 Å². The third-order valence-corrected chi connectivity index (χ3v) is 3.65. The summed E-state index contributed by atoms with van der Waals surface area (Å²) in [5.41, 5.74) is -0.0700. The minimum atomic E-state index is -0.0700. The fourth-order valence-corrected chi connectivity index (χ4v) is 2.72. The molecule has 2 saturated carbocycles. The Kier molecular flexibility index (Phi) is 1.26. The molecule has 11 heavy (non-hydrogen) atoms. The highest BCUT2D eigenvalue weighted by Crippen LogP contribution is 2.58. The summed E-state index contributed by atoms with van der Waals surface area (Å²) >= 11 is 0. The molecule has 0 bridgehead atoms. The van der Waals surface area contributed by atoms with Gasteiger partial charge in [0.15, 0.2) is 0 Å². The Labute approximate surface area is 67.5 Å². The molecule has 0 N–H and O–H groups in total. The summed E-state index contributed by atoms with van der Waals surface area (Å²) in [4.78, 5) is 11.3. The lowest BCUT2D eigenvalue weighted by Crippen LogP contribution is -2.46. The lowest BCUT2D eigenvalue weighted by molar-refractivity contribution is -0.140. The van der Waals surface area contributed by atoms with Gasteiger partial charge in [0.25, 0.3) is 0 Å². The van der Waals surface area contributed by atoms with Crippen LogP contribution < -0.4 is 0 Å². The molecule has 2 fully saturated rings. The van der Waals surface area contributed by atoms with Gasteiger partial charge in [0.1, 0.15) is 5.78 Å². The van der Waals surface area contributed by atoms with Crippen molar-refractivity contribution >= 4 is 5.78 Å². The minimum Gasteiger partial charge on any atom is -0.299 e. The van der Waals surface area contributed by atoms with Crippen LogP contribution in [0.4, 0.5) is 0 Å². The number of hydrogen-bond acceptors (Lipinski definition) is 1. The predicted molar refractivity (Wildman–Crippen MR) is 44.1 cm³/mol. The van der Waals surface area contributed by atoms with Crippen molar-refractivity contribution in [2.45, 2.75) is 26.2 Å². The molecule has 0 unspecified atom stereocenters. The van der Waals surface area contributed by atoms with Gasteiger partial charge in [-0.05, 0) is 24.7 Å². The summed E-state index contributed by atoms with van der Waals surface area (Å²) in [5.74, 6) is 1.81. The van der Waals surface area contributed by atoms with E-state index in [4.69, 9.17) is 0 Å². The molecular weight excluding hydrogens is 136 g/mol. The van der Waals surface area contributed by atoms with Gasteiger partial charge >= 0.3 is 0 Å². The average Bonchev–Trinajstić information content (AvgIpc) is 2.24. The van der Waals surface area contributed by atoms with Crippen LogP contribution in [0, 0.1) is 17.3 Å². The van der Waals surface area contributed by atoms with Gasteiger partial charge in [0, 0.05) is 6.42 Å². The molecule has 60 valence electrons. The summed E-state index contributed by atoms with van der Waals surface area (Å²) in [7, 11) is 0. The molecule has 3 atom stereocenters. The number of ketones is 1. The van der Waals surface area contributed by atoms with E-state index in [0.717, 1.165) is 18.8 Å². The van der Waals surface area contributed by atoms with Crippen LogP contribution in [0.25, 0.3) is 0 Å². The monoisotopic (exact) mass is 150 g/mol. The van der Waals surface area contributed by atoms with Crippen LogP contribution in [0.3, 0.4) is 0 Å². The van der Waals surface area contributed by atoms with Crippen LogP contribution in [-0.2, 0) is 4.79 Å². The van der Waals surface area contributed by atoms with Crippen LogP contribution in [0.1, 0.15) is 26.2 Å². The lowest BCUT2D eigenvalue weighted by Gasteiger charge is -2.42. The Balaban J connectivity index is 2.30. The van der Waals surface area contributed by atoms with E-state index in [2.05, 4.69) is 13.5 Å². The van der Waals surface area contributed by atoms with Gasteiger partial charge in [-0.25, -0.2) is 0 Å². The van der Waals surface area contributed by atoms with Crippen LogP contribution in [-0.4, -0.2) is 5.78 Å². The van der Waals surface area contributed by atoms with Gasteiger partial charge < -0.3 is 0 Å². The van der Waals surface area contributed by atoms with E-state index in [-0.39, 0.29) is 5.41 Å². The van der Waals surface area contributed by atoms with Crippen molar-refractivity contribution in [1.29, 1.82) is 0 Å². The molecule has 1 heteroatoms. The number of hydrogen-bond donors (Lipinski definition) is 0. The number of carbonyl (C=O) groups excluding carboxylic acids is 1. The smallest absolute Gasteiger partial charge is 0.143 e. The maximum Gasteiger partial charge on any atom is 0.143 e. The van der Waals surface area contributed by atoms with Crippen molar-refractivity contribution in [1.82, 2.24) is 0 Å². The molecule has 2 aliphatic rings. The first kappa shape index (κ1) is 7.08. The Bertz CT molecular complexity index is 219. The van der Waals surface area contributed by atoms with Gasteiger partial charge in [-0.15, -0.1) is 6.58 Å². The molecule has 0 spiro atoms. The fourth-order valence-electron chi connectivity index (χ4n) is 2.72. The number of fused-ring (bicyclic) bond motifs is 1. The number of rotatable bonds is 1. The van der Waals surface area contributed by atoms with Crippen LogP contribution >= 0.6 is 0 Å². The van der Waals surface area contributed by atoms with Crippen molar-refractivity contribution in [3.8, 4) is 0 Å². The van der Waals surface area contributed by atoms with Crippen molar-refractivity contribution in [3.63, 3.8) is 0 Å². The van der Waals surface area contributed by atoms with Gasteiger partial charge in [-0.2, -0.15) is 0 Å².